The first-order valence-electron chi connectivity index (χ1n) is 5.54. The Kier molecular flexibility index (Phi) is 3.46. The van der Waals surface area contributed by atoms with Crippen molar-refractivity contribution in [2.75, 3.05) is 5.32 Å². The molecule has 0 aromatic heterocycles. The third kappa shape index (κ3) is 2.70. The lowest BCUT2D eigenvalue weighted by atomic mass is 10.1. The van der Waals surface area contributed by atoms with Crippen molar-refractivity contribution in [3.63, 3.8) is 0 Å². The van der Waals surface area contributed by atoms with Crippen LogP contribution in [0.5, 0.6) is 5.75 Å². The van der Waals surface area contributed by atoms with Crippen LogP contribution in [0.25, 0.3) is 0 Å². The van der Waals surface area contributed by atoms with Crippen molar-refractivity contribution >= 4 is 11.6 Å². The Morgan fingerprint density at radius 3 is 2.37 bits per heavy atom. The highest BCUT2D eigenvalue weighted by Gasteiger charge is 2.17. The Morgan fingerprint density at radius 1 is 1.16 bits per heavy atom. The first kappa shape index (κ1) is 13.0. The molecule has 0 atom stereocenters. The van der Waals surface area contributed by atoms with E-state index >= 15 is 0 Å². The molecule has 0 heterocycles. The van der Waals surface area contributed by atoms with Gasteiger partial charge in [-0.1, -0.05) is 12.1 Å². The summed E-state index contributed by atoms with van der Waals surface area (Å²) >= 11 is 0. The predicted molar refractivity (Wildman–Crippen MR) is 67.2 cm³/mol. The Bertz CT molecular complexity index is 621. The lowest BCUT2D eigenvalue weighted by Gasteiger charge is -2.08. The quantitative estimate of drug-likeness (QED) is 0.873. The number of phenols is 1. The first-order chi connectivity index (χ1) is 8.99. The topological polar surface area (TPSA) is 49.3 Å². The Morgan fingerprint density at radius 2 is 1.79 bits per heavy atom. The average Bonchev–Trinajstić information content (AvgIpc) is 2.33. The number of amides is 1. The Balaban J connectivity index is 2.28. The van der Waals surface area contributed by atoms with E-state index in [0.29, 0.717) is 5.56 Å². The van der Waals surface area contributed by atoms with Gasteiger partial charge in [0.05, 0.1) is 0 Å². The summed E-state index contributed by atoms with van der Waals surface area (Å²) in [5.41, 5.74) is 0.244. The largest absolute Gasteiger partial charge is 0.508 e. The summed E-state index contributed by atoms with van der Waals surface area (Å²) in [6.07, 6.45) is 0. The number of halogens is 2. The molecule has 2 aromatic carbocycles. The van der Waals surface area contributed by atoms with E-state index in [1.807, 2.05) is 0 Å². The number of hydrogen-bond acceptors (Lipinski definition) is 2. The van der Waals surface area contributed by atoms with Crippen molar-refractivity contribution in [1.29, 1.82) is 0 Å². The lowest BCUT2D eigenvalue weighted by Crippen LogP contribution is -2.15. The van der Waals surface area contributed by atoms with E-state index in [0.717, 1.165) is 12.1 Å². The van der Waals surface area contributed by atoms with Gasteiger partial charge in [0.1, 0.15) is 22.9 Å². The molecular formula is C14H11F2NO2. The number of nitrogens with one attached hydrogen (secondary N) is 1. The molecule has 5 heteroatoms. The van der Waals surface area contributed by atoms with Gasteiger partial charge in [0, 0.05) is 11.8 Å². The van der Waals surface area contributed by atoms with Crippen LogP contribution in [0.1, 0.15) is 15.9 Å². The van der Waals surface area contributed by atoms with Crippen LogP contribution in [0.15, 0.2) is 36.4 Å². The normalized spacial score (nSPS) is 10.3. The Labute approximate surface area is 108 Å². The highest BCUT2D eigenvalue weighted by molar-refractivity contribution is 6.04. The van der Waals surface area contributed by atoms with Gasteiger partial charge in [0.25, 0.3) is 5.91 Å². The SMILES string of the molecule is Cc1ccc(NC(=O)c2c(F)cccc2F)cc1O. The maximum atomic E-state index is 13.4. The van der Waals surface area contributed by atoms with Gasteiger partial charge in [-0.05, 0) is 30.7 Å². The summed E-state index contributed by atoms with van der Waals surface area (Å²) < 4.78 is 26.8. The monoisotopic (exact) mass is 263 g/mol. The van der Waals surface area contributed by atoms with Gasteiger partial charge >= 0.3 is 0 Å². The summed E-state index contributed by atoms with van der Waals surface area (Å²) in [5.74, 6) is -2.78. The molecule has 19 heavy (non-hydrogen) atoms. The minimum atomic E-state index is -0.936. The van der Waals surface area contributed by atoms with E-state index < -0.39 is 23.1 Å². The van der Waals surface area contributed by atoms with Crippen LogP contribution in [-0.4, -0.2) is 11.0 Å². The summed E-state index contributed by atoms with van der Waals surface area (Å²) in [6, 6.07) is 7.62. The number of phenolic OH excluding ortho intramolecular Hbond substituents is 1. The van der Waals surface area contributed by atoms with Crippen LogP contribution in [0.2, 0.25) is 0 Å². The van der Waals surface area contributed by atoms with Crippen molar-refractivity contribution in [3.8, 4) is 5.75 Å². The van der Waals surface area contributed by atoms with Gasteiger partial charge in [-0.2, -0.15) is 0 Å². The number of carbonyl (C=O) groups is 1. The molecule has 0 unspecified atom stereocenters. The number of aryl methyl sites for hydroxylation is 1. The number of benzene rings is 2. The summed E-state index contributed by atoms with van der Waals surface area (Å²) in [6.45, 7) is 1.69. The molecule has 0 saturated carbocycles. The van der Waals surface area contributed by atoms with Gasteiger partial charge in [-0.25, -0.2) is 8.78 Å². The average molecular weight is 263 g/mol. The molecule has 0 radical (unpaired) electrons. The maximum Gasteiger partial charge on any atom is 0.261 e. The second-order valence-electron chi connectivity index (χ2n) is 4.05. The minimum absolute atomic E-state index is 0.00759. The molecule has 98 valence electrons. The zero-order chi connectivity index (χ0) is 14.0. The molecule has 0 saturated heterocycles. The molecule has 0 aliphatic rings. The van der Waals surface area contributed by atoms with Crippen LogP contribution in [0.4, 0.5) is 14.5 Å². The van der Waals surface area contributed by atoms with E-state index in [1.165, 1.54) is 18.2 Å². The first-order valence-corrected chi connectivity index (χ1v) is 5.54. The van der Waals surface area contributed by atoms with Crippen molar-refractivity contribution in [2.24, 2.45) is 0 Å². The fraction of sp³-hybridized carbons (Fsp3) is 0.0714. The molecule has 0 aliphatic carbocycles. The number of aromatic hydroxyl groups is 1. The van der Waals surface area contributed by atoms with E-state index in [4.69, 9.17) is 0 Å². The third-order valence-electron chi connectivity index (χ3n) is 2.66. The summed E-state index contributed by atoms with van der Waals surface area (Å²) in [5, 5.41) is 11.8. The van der Waals surface area contributed by atoms with Gasteiger partial charge in [0.2, 0.25) is 0 Å². The van der Waals surface area contributed by atoms with E-state index in [1.54, 1.807) is 13.0 Å². The molecule has 0 aliphatic heterocycles. The fourth-order valence-corrected chi connectivity index (χ4v) is 1.60. The van der Waals surface area contributed by atoms with Crippen molar-refractivity contribution in [1.82, 2.24) is 0 Å². The van der Waals surface area contributed by atoms with Gasteiger partial charge in [0.15, 0.2) is 0 Å². The second kappa shape index (κ2) is 5.06. The van der Waals surface area contributed by atoms with E-state index in [9.17, 15) is 18.7 Å². The van der Waals surface area contributed by atoms with Gasteiger partial charge in [-0.3, -0.25) is 4.79 Å². The number of hydrogen-bond donors (Lipinski definition) is 2. The Hall–Kier alpha value is -2.43. The predicted octanol–water partition coefficient (Wildman–Crippen LogP) is 3.23. The van der Waals surface area contributed by atoms with Gasteiger partial charge < -0.3 is 10.4 Å². The molecule has 0 fully saturated rings. The zero-order valence-electron chi connectivity index (χ0n) is 10.1. The number of rotatable bonds is 2. The van der Waals surface area contributed by atoms with Crippen LogP contribution in [0.3, 0.4) is 0 Å². The molecular weight excluding hydrogens is 252 g/mol. The van der Waals surface area contributed by atoms with Crippen molar-refractivity contribution in [3.05, 3.63) is 59.2 Å². The molecule has 0 bridgehead atoms. The van der Waals surface area contributed by atoms with Crippen LogP contribution in [-0.2, 0) is 0 Å². The summed E-state index contributed by atoms with van der Waals surface area (Å²) in [7, 11) is 0. The molecule has 2 aromatic rings. The maximum absolute atomic E-state index is 13.4. The molecule has 3 nitrogen and oxygen atoms in total. The molecule has 0 spiro atoms. The number of anilines is 1. The zero-order valence-corrected chi connectivity index (χ0v) is 10.1. The minimum Gasteiger partial charge on any atom is -0.508 e. The van der Waals surface area contributed by atoms with Gasteiger partial charge in [-0.15, -0.1) is 0 Å². The summed E-state index contributed by atoms with van der Waals surface area (Å²) in [4.78, 5) is 11.8. The van der Waals surface area contributed by atoms with Crippen LogP contribution in [0, 0.1) is 18.6 Å². The fourth-order valence-electron chi connectivity index (χ4n) is 1.60. The van der Waals surface area contributed by atoms with Crippen LogP contribution >= 0.6 is 0 Å². The number of carbonyl (C=O) groups excluding carboxylic acids is 1. The van der Waals surface area contributed by atoms with Crippen molar-refractivity contribution < 1.29 is 18.7 Å². The van der Waals surface area contributed by atoms with Crippen LogP contribution < -0.4 is 5.32 Å². The lowest BCUT2D eigenvalue weighted by molar-refractivity contribution is 0.101. The highest BCUT2D eigenvalue weighted by Crippen LogP contribution is 2.22. The second-order valence-corrected chi connectivity index (χ2v) is 4.05. The molecule has 1 amide bonds. The third-order valence-corrected chi connectivity index (χ3v) is 2.66. The smallest absolute Gasteiger partial charge is 0.261 e. The van der Waals surface area contributed by atoms with E-state index in [-0.39, 0.29) is 11.4 Å². The van der Waals surface area contributed by atoms with Crippen molar-refractivity contribution in [2.45, 2.75) is 6.92 Å². The standard InChI is InChI=1S/C14H11F2NO2/c1-8-5-6-9(7-12(8)18)17-14(19)13-10(15)3-2-4-11(13)16/h2-7,18H,1H3,(H,17,19). The highest BCUT2D eigenvalue weighted by atomic mass is 19.1. The molecule has 2 rings (SSSR count). The molecule has 2 N–H and O–H groups in total. The van der Waals surface area contributed by atoms with E-state index in [2.05, 4.69) is 5.32 Å².